The quantitative estimate of drug-likeness (QED) is 0.190. The van der Waals surface area contributed by atoms with Crippen molar-refractivity contribution in [1.29, 1.82) is 0 Å². The van der Waals surface area contributed by atoms with Gasteiger partial charge in [0.15, 0.2) is 5.58 Å². The minimum Gasteiger partial charge on any atom is -0.456 e. The van der Waals surface area contributed by atoms with Crippen LogP contribution in [0.2, 0.25) is 0 Å². The molecule has 10 aromatic rings. The molecule has 0 radical (unpaired) electrons. The molecule has 0 N–H and O–H groups in total. The molecule has 2 aromatic heterocycles. The summed E-state index contributed by atoms with van der Waals surface area (Å²) in [6.45, 7) is 0. The average Bonchev–Trinajstić information content (AvgIpc) is 3.75. The van der Waals surface area contributed by atoms with Crippen molar-refractivity contribution in [1.82, 2.24) is 0 Å². The summed E-state index contributed by atoms with van der Waals surface area (Å²) in [5.74, 6) is 0. The zero-order valence-corrected chi connectivity index (χ0v) is 26.5. The molecule has 0 aliphatic rings. The van der Waals surface area contributed by atoms with Gasteiger partial charge >= 0.3 is 0 Å². The first-order valence-electron chi connectivity index (χ1n) is 16.6. The van der Waals surface area contributed by atoms with Crippen LogP contribution in [0.4, 0.5) is 17.1 Å². The van der Waals surface area contributed by atoms with E-state index in [0.717, 1.165) is 83.0 Å². The summed E-state index contributed by atoms with van der Waals surface area (Å²) >= 11 is 0. The molecule has 0 aliphatic carbocycles. The molecule has 0 amide bonds. The highest BCUT2D eigenvalue weighted by molar-refractivity contribution is 6.26. The maximum atomic E-state index is 6.75. The highest BCUT2D eigenvalue weighted by atomic mass is 16.3. The monoisotopic (exact) mass is 627 g/mol. The lowest BCUT2D eigenvalue weighted by Crippen LogP contribution is -2.10. The first-order valence-corrected chi connectivity index (χ1v) is 16.6. The van der Waals surface area contributed by atoms with Gasteiger partial charge in [0.05, 0.1) is 16.8 Å². The third-order valence-corrected chi connectivity index (χ3v) is 9.67. The molecule has 0 saturated heterocycles. The van der Waals surface area contributed by atoms with Crippen molar-refractivity contribution in [3.05, 3.63) is 176 Å². The molecule has 0 fully saturated rings. The largest absolute Gasteiger partial charge is 0.456 e. The summed E-state index contributed by atoms with van der Waals surface area (Å²) in [6.07, 6.45) is 0. The van der Waals surface area contributed by atoms with E-state index in [1.54, 1.807) is 0 Å². The summed E-state index contributed by atoms with van der Waals surface area (Å²) in [6, 6.07) is 61.8. The Morgan fingerprint density at radius 3 is 1.73 bits per heavy atom. The third-order valence-electron chi connectivity index (χ3n) is 9.67. The molecule has 0 atom stereocenters. The van der Waals surface area contributed by atoms with Crippen LogP contribution in [0.1, 0.15) is 0 Å². The lowest BCUT2D eigenvalue weighted by Gasteiger charge is -2.26. The molecule has 230 valence electrons. The van der Waals surface area contributed by atoms with Gasteiger partial charge in [-0.05, 0) is 75.5 Å². The van der Waals surface area contributed by atoms with Gasteiger partial charge in [0.2, 0.25) is 0 Å². The molecule has 2 heterocycles. The second-order valence-corrected chi connectivity index (χ2v) is 12.5. The van der Waals surface area contributed by atoms with Gasteiger partial charge < -0.3 is 13.7 Å². The van der Waals surface area contributed by atoms with Gasteiger partial charge in [-0.2, -0.15) is 0 Å². The number of benzene rings is 8. The Labute approximate surface area is 282 Å². The lowest BCUT2D eigenvalue weighted by molar-refractivity contribution is 0.668. The number of fused-ring (bicyclic) bond motifs is 8. The van der Waals surface area contributed by atoms with Gasteiger partial charge in [-0.3, -0.25) is 0 Å². The second-order valence-electron chi connectivity index (χ2n) is 12.5. The van der Waals surface area contributed by atoms with E-state index in [1.165, 1.54) is 10.9 Å². The predicted octanol–water partition coefficient (Wildman–Crippen LogP) is 13.4. The number of rotatable bonds is 5. The molecule has 0 saturated carbocycles. The normalized spacial score (nSPS) is 11.7. The fourth-order valence-electron chi connectivity index (χ4n) is 7.46. The van der Waals surface area contributed by atoms with Crippen molar-refractivity contribution < 1.29 is 8.83 Å². The molecule has 49 heavy (non-hydrogen) atoms. The van der Waals surface area contributed by atoms with Crippen molar-refractivity contribution in [3.63, 3.8) is 0 Å². The average molecular weight is 628 g/mol. The highest BCUT2D eigenvalue weighted by Crippen LogP contribution is 2.48. The molecular formula is C46H29NO2. The van der Waals surface area contributed by atoms with Crippen LogP contribution in [-0.2, 0) is 0 Å². The fourth-order valence-corrected chi connectivity index (χ4v) is 7.46. The van der Waals surface area contributed by atoms with E-state index >= 15 is 0 Å². The first kappa shape index (κ1) is 27.5. The molecule has 8 aromatic carbocycles. The summed E-state index contributed by atoms with van der Waals surface area (Å²) in [7, 11) is 0. The highest BCUT2D eigenvalue weighted by Gasteiger charge is 2.24. The topological polar surface area (TPSA) is 29.5 Å². The number of hydrogen-bond acceptors (Lipinski definition) is 3. The number of hydrogen-bond donors (Lipinski definition) is 0. The van der Waals surface area contributed by atoms with Gasteiger partial charge in [0, 0.05) is 21.8 Å². The number of nitrogens with zero attached hydrogens (tertiary/aromatic N) is 1. The van der Waals surface area contributed by atoms with Gasteiger partial charge in [0.1, 0.15) is 16.7 Å². The number of para-hydroxylation sites is 2. The summed E-state index contributed by atoms with van der Waals surface area (Å²) in [5.41, 5.74) is 11.1. The van der Waals surface area contributed by atoms with Crippen LogP contribution in [0.3, 0.4) is 0 Å². The summed E-state index contributed by atoms with van der Waals surface area (Å²) in [4.78, 5) is 2.33. The molecular weight excluding hydrogens is 599 g/mol. The Bertz CT molecular complexity index is 2810. The standard InChI is InChI=1S/C46H29NO2/c1-3-13-30(14-4-1)31-25-27-33(28-26-31)47(40-22-11-20-37-35-18-9-10-23-41(35)49-46(37)40)39-21-12-24-42-45(39)44-36-19-8-7-17-34(36)38(29-43(44)48-42)32-15-5-2-6-16-32/h1-29H. The zero-order chi connectivity index (χ0) is 32.3. The number of furan rings is 2. The van der Waals surface area contributed by atoms with E-state index in [2.05, 4.69) is 169 Å². The van der Waals surface area contributed by atoms with Gasteiger partial charge in [-0.15, -0.1) is 0 Å². The van der Waals surface area contributed by atoms with Crippen molar-refractivity contribution in [2.75, 3.05) is 4.90 Å². The molecule has 0 unspecified atom stereocenters. The number of anilines is 3. The SMILES string of the molecule is c1ccc(-c2ccc(N(c3cccc4c3oc3ccccc34)c3cccc4oc5cc(-c6ccccc6)c6ccccc6c5c34)cc2)cc1. The molecule has 0 aliphatic heterocycles. The Hall–Kier alpha value is -6.58. The van der Waals surface area contributed by atoms with Crippen molar-refractivity contribution in [2.45, 2.75) is 0 Å². The van der Waals surface area contributed by atoms with Gasteiger partial charge in [0.25, 0.3) is 0 Å². The molecule has 0 spiro atoms. The van der Waals surface area contributed by atoms with Crippen LogP contribution in [0.25, 0.3) is 76.9 Å². The molecule has 3 heteroatoms. The van der Waals surface area contributed by atoms with Crippen LogP contribution in [0.5, 0.6) is 0 Å². The minimum absolute atomic E-state index is 0.838. The molecule has 10 rings (SSSR count). The summed E-state index contributed by atoms with van der Waals surface area (Å²) < 4.78 is 13.4. The van der Waals surface area contributed by atoms with E-state index in [-0.39, 0.29) is 0 Å². The maximum Gasteiger partial charge on any atom is 0.159 e. The Balaban J connectivity index is 1.28. The smallest absolute Gasteiger partial charge is 0.159 e. The van der Waals surface area contributed by atoms with Crippen molar-refractivity contribution >= 4 is 71.7 Å². The second kappa shape index (κ2) is 11.0. The summed E-state index contributed by atoms with van der Waals surface area (Å²) in [5, 5.41) is 6.70. The van der Waals surface area contributed by atoms with E-state index in [0.29, 0.717) is 0 Å². The van der Waals surface area contributed by atoms with Crippen LogP contribution < -0.4 is 4.90 Å². The molecule has 3 nitrogen and oxygen atoms in total. The lowest BCUT2D eigenvalue weighted by atomic mass is 9.94. The fraction of sp³-hybridized carbons (Fsp3) is 0. The van der Waals surface area contributed by atoms with Gasteiger partial charge in [-0.1, -0.05) is 133 Å². The van der Waals surface area contributed by atoms with E-state index < -0.39 is 0 Å². The van der Waals surface area contributed by atoms with Crippen LogP contribution in [0.15, 0.2) is 185 Å². The predicted molar refractivity (Wildman–Crippen MR) is 204 cm³/mol. The Kier molecular flexibility index (Phi) is 6.18. The minimum atomic E-state index is 0.838. The zero-order valence-electron chi connectivity index (χ0n) is 26.5. The van der Waals surface area contributed by atoms with Gasteiger partial charge in [-0.25, -0.2) is 0 Å². The van der Waals surface area contributed by atoms with Crippen LogP contribution in [-0.4, -0.2) is 0 Å². The van der Waals surface area contributed by atoms with E-state index in [1.807, 2.05) is 12.1 Å². The van der Waals surface area contributed by atoms with Crippen molar-refractivity contribution in [2.24, 2.45) is 0 Å². The van der Waals surface area contributed by atoms with E-state index in [4.69, 9.17) is 8.83 Å². The van der Waals surface area contributed by atoms with E-state index in [9.17, 15) is 0 Å². The maximum absolute atomic E-state index is 6.75. The Morgan fingerprint density at radius 2 is 0.939 bits per heavy atom. The van der Waals surface area contributed by atoms with Crippen LogP contribution in [0, 0.1) is 0 Å². The first-order chi connectivity index (χ1) is 24.3. The van der Waals surface area contributed by atoms with Crippen molar-refractivity contribution in [3.8, 4) is 22.3 Å². The van der Waals surface area contributed by atoms with Crippen LogP contribution >= 0.6 is 0 Å². The molecule has 0 bridgehead atoms. The Morgan fingerprint density at radius 1 is 0.347 bits per heavy atom. The third kappa shape index (κ3) is 4.37.